The zero-order chi connectivity index (χ0) is 73.3. The minimum absolute atomic E-state index is 0.148. The summed E-state index contributed by atoms with van der Waals surface area (Å²) in [5.41, 5.74) is 25.8. The highest BCUT2D eigenvalue weighted by molar-refractivity contribution is 7.00. The standard InChI is InChI=1S/C17H18.C14H17N.C14H20.2C14H16.C13H15N.C10H12N2S/c1-17(2,3)16-10-6-9-14-13-8-5-4-7-12(13)11-15(14)16;1-10-8-9-11-6-5-7-12(13(11)15-10)14(2,3)4;2*1-14(2,3)13-10-6-8-11-7-4-5-9-12(11)13;1-14(2,3)13-9-8-11-6-4-5-7-12(11)10-13;1-13(2,3)11-7-4-8-12-10(11)6-5-9-14-12;1-10(2,3)7-5-4-6-8-9(7)12-13-11-8/h4-10H,11H2,1-3H3;5-9H,1-4H3;6,8,10H,4-5,7,9H2,1-3H3;2*4-10H,1-3H3;4-9H,1-3H3;4-6H,1-3H3. The maximum Gasteiger partial charge on any atom is 0.108 e. The third-order valence-electron chi connectivity index (χ3n) is 19.3. The van der Waals surface area contributed by atoms with Crippen LogP contribution in [-0.4, -0.2) is 18.7 Å². The number of nitrogens with zero attached hydrogens (tertiary/aromatic N) is 4. The lowest BCUT2D eigenvalue weighted by Crippen LogP contribution is -2.17. The van der Waals surface area contributed by atoms with E-state index in [4.69, 9.17) is 0 Å². The first-order chi connectivity index (χ1) is 47.5. The summed E-state index contributed by atoms with van der Waals surface area (Å²) in [7, 11) is 0. The molecule has 0 bridgehead atoms. The van der Waals surface area contributed by atoms with Gasteiger partial charge in [0.15, 0.2) is 0 Å². The molecule has 0 atom stereocenters. The lowest BCUT2D eigenvalue weighted by molar-refractivity contribution is 0.568. The van der Waals surface area contributed by atoms with Gasteiger partial charge in [0.1, 0.15) is 11.0 Å². The number of benzene rings is 10. The summed E-state index contributed by atoms with van der Waals surface area (Å²) in [5, 5.41) is 7.86. The van der Waals surface area contributed by atoms with Crippen molar-refractivity contribution in [1.29, 1.82) is 0 Å². The van der Waals surface area contributed by atoms with Gasteiger partial charge >= 0.3 is 0 Å². The molecular weight excluding hydrogens is 1240 g/mol. The molecule has 13 aromatic rings. The third kappa shape index (κ3) is 19.7. The maximum absolute atomic E-state index is 4.64. The fourth-order valence-electron chi connectivity index (χ4n) is 13.9. The van der Waals surface area contributed by atoms with Gasteiger partial charge in [0, 0.05) is 22.7 Å². The van der Waals surface area contributed by atoms with Gasteiger partial charge in [-0.05, 0) is 195 Å². The largest absolute Gasteiger partial charge is 0.256 e. The first kappa shape index (κ1) is 76.5. The monoisotopic (exact) mass is 1350 g/mol. The minimum atomic E-state index is 0.148. The van der Waals surface area contributed by atoms with E-state index < -0.39 is 0 Å². The van der Waals surface area contributed by atoms with Gasteiger partial charge in [-0.3, -0.25) is 9.97 Å². The first-order valence-corrected chi connectivity index (χ1v) is 37.4. The molecule has 0 radical (unpaired) electrons. The van der Waals surface area contributed by atoms with Crippen LogP contribution in [0.2, 0.25) is 0 Å². The van der Waals surface area contributed by atoms with Gasteiger partial charge in [-0.25, -0.2) is 0 Å². The second-order valence-corrected chi connectivity index (χ2v) is 35.3. The third-order valence-corrected chi connectivity index (χ3v) is 19.8. The number of aryl methyl sites for hydroxylation is 2. The van der Waals surface area contributed by atoms with Crippen molar-refractivity contribution in [3.05, 3.63) is 298 Å². The molecule has 524 valence electrons. The molecular formula is C96H114N4S. The molecule has 3 heterocycles. The van der Waals surface area contributed by atoms with Crippen LogP contribution in [0.3, 0.4) is 0 Å². The smallest absolute Gasteiger partial charge is 0.108 e. The van der Waals surface area contributed by atoms with E-state index >= 15 is 0 Å². The normalized spacial score (nSPS) is 12.9. The number of pyridine rings is 2. The molecule has 5 heteroatoms. The molecule has 0 aliphatic heterocycles. The van der Waals surface area contributed by atoms with Crippen LogP contribution in [-0.2, 0) is 57.2 Å². The van der Waals surface area contributed by atoms with Crippen LogP contribution in [0.5, 0.6) is 0 Å². The van der Waals surface area contributed by atoms with Gasteiger partial charge in [-0.15, -0.1) is 0 Å². The fourth-order valence-corrected chi connectivity index (χ4v) is 14.4. The van der Waals surface area contributed by atoms with Gasteiger partial charge in [-0.1, -0.05) is 346 Å². The minimum Gasteiger partial charge on any atom is -0.256 e. The molecule has 2 aliphatic carbocycles. The van der Waals surface area contributed by atoms with E-state index in [1.54, 1.807) is 16.7 Å². The Labute approximate surface area is 611 Å². The van der Waals surface area contributed by atoms with Crippen LogP contribution in [0.25, 0.3) is 65.5 Å². The second-order valence-electron chi connectivity index (χ2n) is 34.8. The molecule has 0 amide bonds. The lowest BCUT2D eigenvalue weighted by Gasteiger charge is -2.27. The summed E-state index contributed by atoms with van der Waals surface area (Å²) in [6.45, 7) is 49.4. The number of hydrogen-bond acceptors (Lipinski definition) is 5. The highest BCUT2D eigenvalue weighted by Gasteiger charge is 2.27. The Hall–Kier alpha value is -8.64. The van der Waals surface area contributed by atoms with Gasteiger partial charge in [-0.2, -0.15) is 8.75 Å². The zero-order valence-corrected chi connectivity index (χ0v) is 66.0. The van der Waals surface area contributed by atoms with Crippen LogP contribution >= 0.6 is 11.7 Å². The summed E-state index contributed by atoms with van der Waals surface area (Å²) >= 11 is 1.28. The van der Waals surface area contributed by atoms with Gasteiger partial charge in [0.05, 0.1) is 22.8 Å². The number of rotatable bonds is 0. The van der Waals surface area contributed by atoms with E-state index in [-0.39, 0.29) is 32.5 Å². The van der Waals surface area contributed by atoms with Crippen LogP contribution in [0.15, 0.2) is 231 Å². The maximum atomic E-state index is 4.64. The Balaban J connectivity index is 0.000000137. The Morgan fingerprint density at radius 3 is 1.41 bits per heavy atom. The van der Waals surface area contributed by atoms with Crippen molar-refractivity contribution in [2.24, 2.45) is 0 Å². The predicted molar refractivity (Wildman–Crippen MR) is 442 cm³/mol. The van der Waals surface area contributed by atoms with Gasteiger partial charge in [0.25, 0.3) is 0 Å². The van der Waals surface area contributed by atoms with Crippen molar-refractivity contribution in [3.63, 3.8) is 0 Å². The van der Waals surface area contributed by atoms with Crippen molar-refractivity contribution in [1.82, 2.24) is 18.7 Å². The van der Waals surface area contributed by atoms with Crippen LogP contribution in [0.1, 0.15) is 225 Å². The van der Waals surface area contributed by atoms with E-state index in [1.807, 2.05) is 31.3 Å². The summed E-state index contributed by atoms with van der Waals surface area (Å²) in [5.74, 6) is 0. The summed E-state index contributed by atoms with van der Waals surface area (Å²) in [4.78, 5) is 9.00. The molecule has 15 rings (SSSR count). The lowest BCUT2D eigenvalue weighted by atomic mass is 9.78. The van der Waals surface area contributed by atoms with Crippen LogP contribution in [0, 0.1) is 6.92 Å². The fraction of sp³-hybridized carbons (Fsp3) is 0.354. The quantitative estimate of drug-likeness (QED) is 0.152. The molecule has 0 saturated carbocycles. The van der Waals surface area contributed by atoms with Crippen molar-refractivity contribution < 1.29 is 0 Å². The molecule has 101 heavy (non-hydrogen) atoms. The van der Waals surface area contributed by atoms with E-state index in [0.717, 1.165) is 34.2 Å². The molecule has 0 saturated heterocycles. The predicted octanol–water partition coefficient (Wildman–Crippen LogP) is 27.1. The molecule has 4 nitrogen and oxygen atoms in total. The second kappa shape index (κ2) is 31.7. The SMILES string of the molecule is CC(C)(C)c1ccc2ccccc2c1.CC(C)(C)c1cccc2c1CCCC2.CC(C)(C)c1cccc2c1Cc1ccccc1-2.CC(C)(C)c1cccc2ccccc12.CC(C)(C)c1cccc2ncccc12.CC(C)(C)c1cccc2nsnc12.Cc1ccc2cccc(C(C)(C)C)c2n1. The topological polar surface area (TPSA) is 51.6 Å². The summed E-state index contributed by atoms with van der Waals surface area (Å²) in [6.07, 6.45) is 8.27. The Bertz CT molecular complexity index is 4810. The molecule has 0 spiro atoms. The van der Waals surface area contributed by atoms with E-state index in [1.165, 1.54) is 125 Å². The molecule has 10 aromatic carbocycles. The van der Waals surface area contributed by atoms with Crippen molar-refractivity contribution in [2.75, 3.05) is 0 Å². The number of para-hydroxylation sites is 1. The average molecular weight is 1360 g/mol. The molecule has 0 fully saturated rings. The van der Waals surface area contributed by atoms with Gasteiger partial charge < -0.3 is 0 Å². The van der Waals surface area contributed by atoms with Crippen LogP contribution in [0.4, 0.5) is 0 Å². The van der Waals surface area contributed by atoms with Gasteiger partial charge in [0.2, 0.25) is 0 Å². The average Bonchev–Trinajstić information content (AvgIpc) is 1.65. The number of aromatic nitrogens is 4. The van der Waals surface area contributed by atoms with Crippen molar-refractivity contribution in [3.8, 4) is 11.1 Å². The van der Waals surface area contributed by atoms with Crippen molar-refractivity contribution in [2.45, 2.75) is 222 Å². The van der Waals surface area contributed by atoms with Crippen molar-refractivity contribution >= 4 is 66.1 Å². The molecule has 0 N–H and O–H groups in total. The Morgan fingerprint density at radius 2 is 0.762 bits per heavy atom. The van der Waals surface area contributed by atoms with E-state index in [9.17, 15) is 0 Å². The van der Waals surface area contributed by atoms with Crippen LogP contribution < -0.4 is 0 Å². The number of fused-ring (bicyclic) bond motifs is 9. The first-order valence-electron chi connectivity index (χ1n) is 36.7. The molecule has 0 unspecified atom stereocenters. The zero-order valence-electron chi connectivity index (χ0n) is 65.2. The highest BCUT2D eigenvalue weighted by atomic mass is 32.1. The summed E-state index contributed by atoms with van der Waals surface area (Å²) in [6, 6.07) is 80.0. The Kier molecular flexibility index (Phi) is 24.0. The van der Waals surface area contributed by atoms with E-state index in [2.05, 4.69) is 370 Å². The highest BCUT2D eigenvalue weighted by Crippen LogP contribution is 2.42. The van der Waals surface area contributed by atoms with E-state index in [0.29, 0.717) is 5.41 Å². The Morgan fingerprint density at radius 1 is 0.307 bits per heavy atom. The molecule has 3 aromatic heterocycles. The summed E-state index contributed by atoms with van der Waals surface area (Å²) < 4.78 is 8.54. The molecule has 2 aliphatic rings. The number of hydrogen-bond donors (Lipinski definition) is 0.